The molecule has 0 atom stereocenters. The Morgan fingerprint density at radius 2 is 1.68 bits per heavy atom. The van der Waals surface area contributed by atoms with Crippen LogP contribution < -0.4 is 10.6 Å². The summed E-state index contributed by atoms with van der Waals surface area (Å²) in [6.45, 7) is 8.28. The van der Waals surface area contributed by atoms with Gasteiger partial charge in [0.05, 0.1) is 0 Å². The first-order valence-electron chi connectivity index (χ1n) is 7.68. The third-order valence-electron chi connectivity index (χ3n) is 4.11. The summed E-state index contributed by atoms with van der Waals surface area (Å²) in [6, 6.07) is 14.0. The smallest absolute Gasteiger partial charge is 0.255 e. The topological polar surface area (TPSA) is 41.1 Å². The molecule has 0 bridgehead atoms. The summed E-state index contributed by atoms with van der Waals surface area (Å²) in [7, 11) is 0. The minimum absolute atomic E-state index is 0.0572. The third kappa shape index (κ3) is 3.04. The molecular formula is C19H22N2O. The minimum atomic E-state index is -0.0572. The fraction of sp³-hybridized carbons (Fsp3) is 0.316. The van der Waals surface area contributed by atoms with Crippen molar-refractivity contribution < 1.29 is 4.79 Å². The second kappa shape index (κ2) is 5.58. The minimum Gasteiger partial charge on any atom is -0.322 e. The van der Waals surface area contributed by atoms with Crippen molar-refractivity contribution in [3.05, 3.63) is 64.7 Å². The Morgan fingerprint density at radius 1 is 1.00 bits per heavy atom. The van der Waals surface area contributed by atoms with Crippen LogP contribution in [0.25, 0.3) is 0 Å². The Balaban J connectivity index is 1.74. The van der Waals surface area contributed by atoms with Gasteiger partial charge in [0.2, 0.25) is 0 Å². The zero-order valence-electron chi connectivity index (χ0n) is 13.4. The molecule has 0 spiro atoms. The van der Waals surface area contributed by atoms with Crippen molar-refractivity contribution >= 4 is 11.6 Å². The van der Waals surface area contributed by atoms with Crippen LogP contribution in [0.1, 0.15) is 47.8 Å². The summed E-state index contributed by atoms with van der Waals surface area (Å²) in [5.41, 5.74) is 5.42. The fourth-order valence-electron chi connectivity index (χ4n) is 2.69. The molecular weight excluding hydrogens is 272 g/mol. The SMILES string of the molecule is CC(C)(C)c1ccc(NC(=O)c2ccc3c(c2)CNC3)cc1. The van der Waals surface area contributed by atoms with E-state index in [1.807, 2.05) is 30.3 Å². The lowest BCUT2D eigenvalue weighted by Gasteiger charge is -2.19. The molecule has 0 aromatic heterocycles. The normalized spacial score (nSPS) is 13.8. The van der Waals surface area contributed by atoms with Gasteiger partial charge in [-0.2, -0.15) is 0 Å². The maximum Gasteiger partial charge on any atom is 0.255 e. The van der Waals surface area contributed by atoms with Crippen LogP contribution in [0.2, 0.25) is 0 Å². The molecule has 1 heterocycles. The summed E-state index contributed by atoms with van der Waals surface area (Å²) in [6.07, 6.45) is 0. The van der Waals surface area contributed by atoms with Crippen molar-refractivity contribution in [1.82, 2.24) is 5.32 Å². The molecule has 2 aromatic rings. The molecule has 2 N–H and O–H groups in total. The summed E-state index contributed by atoms with van der Waals surface area (Å²) >= 11 is 0. The summed E-state index contributed by atoms with van der Waals surface area (Å²) in [4.78, 5) is 12.4. The van der Waals surface area contributed by atoms with E-state index in [1.54, 1.807) is 0 Å². The van der Waals surface area contributed by atoms with Crippen LogP contribution in [0.4, 0.5) is 5.69 Å². The average molecular weight is 294 g/mol. The van der Waals surface area contributed by atoms with Crippen LogP contribution in [-0.2, 0) is 18.5 Å². The van der Waals surface area contributed by atoms with Crippen LogP contribution in [0.3, 0.4) is 0 Å². The van der Waals surface area contributed by atoms with E-state index in [2.05, 4.69) is 43.5 Å². The van der Waals surface area contributed by atoms with Crippen LogP contribution >= 0.6 is 0 Å². The highest BCUT2D eigenvalue weighted by molar-refractivity contribution is 6.04. The van der Waals surface area contributed by atoms with Gasteiger partial charge in [-0.15, -0.1) is 0 Å². The number of rotatable bonds is 2. The van der Waals surface area contributed by atoms with Gasteiger partial charge < -0.3 is 10.6 Å². The molecule has 3 rings (SSSR count). The van der Waals surface area contributed by atoms with E-state index in [0.717, 1.165) is 18.8 Å². The quantitative estimate of drug-likeness (QED) is 0.883. The predicted octanol–water partition coefficient (Wildman–Crippen LogP) is 3.84. The Labute approximate surface area is 131 Å². The first kappa shape index (κ1) is 14.8. The van der Waals surface area contributed by atoms with E-state index in [9.17, 15) is 4.79 Å². The molecule has 22 heavy (non-hydrogen) atoms. The first-order valence-corrected chi connectivity index (χ1v) is 7.68. The number of anilines is 1. The van der Waals surface area contributed by atoms with Gasteiger partial charge in [0.1, 0.15) is 0 Å². The van der Waals surface area contributed by atoms with Crippen LogP contribution in [0, 0.1) is 0 Å². The van der Waals surface area contributed by atoms with Gasteiger partial charge in [-0.05, 0) is 46.4 Å². The highest BCUT2D eigenvalue weighted by Crippen LogP contribution is 2.24. The van der Waals surface area contributed by atoms with Crippen molar-refractivity contribution in [1.29, 1.82) is 0 Å². The van der Waals surface area contributed by atoms with Gasteiger partial charge >= 0.3 is 0 Å². The van der Waals surface area contributed by atoms with E-state index in [1.165, 1.54) is 16.7 Å². The zero-order valence-corrected chi connectivity index (χ0v) is 13.4. The van der Waals surface area contributed by atoms with E-state index in [4.69, 9.17) is 0 Å². The van der Waals surface area contributed by atoms with Crippen molar-refractivity contribution in [3.8, 4) is 0 Å². The summed E-state index contributed by atoms with van der Waals surface area (Å²) < 4.78 is 0. The van der Waals surface area contributed by atoms with E-state index < -0.39 is 0 Å². The Bertz CT molecular complexity index is 696. The summed E-state index contributed by atoms with van der Waals surface area (Å²) in [5, 5.41) is 6.26. The summed E-state index contributed by atoms with van der Waals surface area (Å²) in [5.74, 6) is -0.0572. The first-order chi connectivity index (χ1) is 10.4. The number of carbonyl (C=O) groups excluding carboxylic acids is 1. The number of amides is 1. The van der Waals surface area contributed by atoms with Gasteiger partial charge in [-0.25, -0.2) is 0 Å². The molecule has 0 unspecified atom stereocenters. The van der Waals surface area contributed by atoms with E-state index in [0.29, 0.717) is 5.56 Å². The lowest BCUT2D eigenvalue weighted by molar-refractivity contribution is 0.102. The molecule has 3 nitrogen and oxygen atoms in total. The van der Waals surface area contributed by atoms with Crippen LogP contribution in [-0.4, -0.2) is 5.91 Å². The highest BCUT2D eigenvalue weighted by Gasteiger charge is 2.15. The lowest BCUT2D eigenvalue weighted by Crippen LogP contribution is -2.14. The molecule has 3 heteroatoms. The van der Waals surface area contributed by atoms with E-state index >= 15 is 0 Å². The number of hydrogen-bond donors (Lipinski definition) is 2. The lowest BCUT2D eigenvalue weighted by atomic mass is 9.87. The molecule has 0 saturated carbocycles. The monoisotopic (exact) mass is 294 g/mol. The molecule has 0 radical (unpaired) electrons. The standard InChI is InChI=1S/C19H22N2O/c1-19(2,3)16-6-8-17(9-7-16)21-18(22)13-4-5-14-11-20-12-15(14)10-13/h4-10,20H,11-12H2,1-3H3,(H,21,22). The van der Waals surface area contributed by atoms with Gasteiger partial charge in [0, 0.05) is 24.3 Å². The molecule has 2 aromatic carbocycles. The average Bonchev–Trinajstić information content (AvgIpc) is 2.94. The number of fused-ring (bicyclic) bond motifs is 1. The molecule has 0 fully saturated rings. The Kier molecular flexibility index (Phi) is 3.75. The number of benzene rings is 2. The molecule has 1 aliphatic heterocycles. The number of nitrogens with one attached hydrogen (secondary N) is 2. The van der Waals surface area contributed by atoms with E-state index in [-0.39, 0.29) is 11.3 Å². The molecule has 114 valence electrons. The van der Waals surface area contributed by atoms with Crippen molar-refractivity contribution in [2.24, 2.45) is 0 Å². The largest absolute Gasteiger partial charge is 0.322 e. The number of hydrogen-bond acceptors (Lipinski definition) is 2. The second-order valence-corrected chi connectivity index (χ2v) is 6.87. The third-order valence-corrected chi connectivity index (χ3v) is 4.11. The maximum atomic E-state index is 12.4. The Hall–Kier alpha value is -2.13. The Morgan fingerprint density at radius 3 is 2.36 bits per heavy atom. The van der Waals surface area contributed by atoms with Crippen molar-refractivity contribution in [2.75, 3.05) is 5.32 Å². The predicted molar refractivity (Wildman–Crippen MR) is 90.1 cm³/mol. The van der Waals surface area contributed by atoms with Crippen LogP contribution in [0.5, 0.6) is 0 Å². The van der Waals surface area contributed by atoms with Crippen molar-refractivity contribution in [2.45, 2.75) is 39.3 Å². The fourth-order valence-corrected chi connectivity index (χ4v) is 2.69. The van der Waals surface area contributed by atoms with Gasteiger partial charge in [-0.1, -0.05) is 39.0 Å². The second-order valence-electron chi connectivity index (χ2n) is 6.87. The van der Waals surface area contributed by atoms with Crippen molar-refractivity contribution in [3.63, 3.8) is 0 Å². The molecule has 1 amide bonds. The number of carbonyl (C=O) groups is 1. The molecule has 0 saturated heterocycles. The van der Waals surface area contributed by atoms with Gasteiger partial charge in [0.25, 0.3) is 5.91 Å². The zero-order chi connectivity index (χ0) is 15.7. The maximum absolute atomic E-state index is 12.4. The molecule has 1 aliphatic rings. The highest BCUT2D eigenvalue weighted by atomic mass is 16.1. The van der Waals surface area contributed by atoms with Gasteiger partial charge in [0.15, 0.2) is 0 Å². The molecule has 0 aliphatic carbocycles. The van der Waals surface area contributed by atoms with Crippen LogP contribution in [0.15, 0.2) is 42.5 Å². The van der Waals surface area contributed by atoms with Gasteiger partial charge in [-0.3, -0.25) is 4.79 Å².